The minimum atomic E-state index is -1.40. The average molecular weight is 726 g/mol. The fourth-order valence-electron chi connectivity index (χ4n) is 5.87. The molecule has 4 aliphatic rings. The van der Waals surface area contributed by atoms with Crippen LogP contribution in [0.25, 0.3) is 0 Å². The molecule has 5 N–H and O–H groups in total. The fourth-order valence-corrected chi connectivity index (χ4v) is 6.81. The monoisotopic (exact) mass is 724 g/mol. The first-order valence-electron chi connectivity index (χ1n) is 13.3. The van der Waals surface area contributed by atoms with E-state index in [2.05, 4.69) is 42.5 Å². The maximum absolute atomic E-state index is 12.7. The van der Waals surface area contributed by atoms with Crippen molar-refractivity contribution in [2.45, 2.75) is 11.3 Å². The van der Waals surface area contributed by atoms with Gasteiger partial charge in [0.1, 0.15) is 16.9 Å². The summed E-state index contributed by atoms with van der Waals surface area (Å²) in [4.78, 5) is 25.0. The second-order valence-electron chi connectivity index (χ2n) is 10.3. The lowest BCUT2D eigenvalue weighted by atomic mass is 9.75. The van der Waals surface area contributed by atoms with E-state index in [1.807, 2.05) is 18.2 Å². The molecular weight excluding hydrogens is 704 g/mol. The normalized spacial score (nSPS) is 19.9. The first-order chi connectivity index (χ1) is 21.2. The summed E-state index contributed by atoms with van der Waals surface area (Å²) >= 11 is 6.81. The van der Waals surface area contributed by atoms with Gasteiger partial charge in [-0.1, -0.05) is 24.3 Å². The lowest BCUT2D eigenvalue weighted by molar-refractivity contribution is -0.120. The molecule has 2 amide bonds. The van der Waals surface area contributed by atoms with Crippen LogP contribution in [0.1, 0.15) is 28.2 Å². The third kappa shape index (κ3) is 4.25. The van der Waals surface area contributed by atoms with Gasteiger partial charge in [0.05, 0.1) is 23.9 Å². The standard InChI is InChI=1S/C16H12BrNO5.C15H10BrNO4/c17-10-3-1-2-8-14(10)18-15(21)16(8,6-19)9-4-12-13(5-11(9)20)23-7-22-12;16-9-3-1-2-7-13(15(19)17-14(7)9)8-4-11-12(5-10(8)18)21-6-20-11/h1-5,19-20H,6-7H2,(H,18,21);1-5,13,18H,6H2,(H,17,19). The third-order valence-corrected chi connectivity index (χ3v) is 9.31. The van der Waals surface area contributed by atoms with Gasteiger partial charge in [-0.25, -0.2) is 0 Å². The molecule has 44 heavy (non-hydrogen) atoms. The van der Waals surface area contributed by atoms with Gasteiger partial charge >= 0.3 is 0 Å². The number of ether oxygens (including phenoxy) is 4. The molecule has 0 saturated heterocycles. The summed E-state index contributed by atoms with van der Waals surface area (Å²) in [5.41, 5.74) is 2.13. The Bertz CT molecular complexity index is 1880. The first-order valence-corrected chi connectivity index (χ1v) is 14.9. The van der Waals surface area contributed by atoms with Crippen LogP contribution in [0.2, 0.25) is 0 Å². The third-order valence-electron chi connectivity index (χ3n) is 7.99. The lowest BCUT2D eigenvalue weighted by Gasteiger charge is -2.26. The quantitative estimate of drug-likeness (QED) is 0.194. The number of benzene rings is 4. The van der Waals surface area contributed by atoms with E-state index in [1.165, 1.54) is 12.1 Å². The van der Waals surface area contributed by atoms with E-state index in [0.29, 0.717) is 44.3 Å². The van der Waals surface area contributed by atoms with Crippen LogP contribution >= 0.6 is 31.9 Å². The number of aliphatic hydroxyl groups is 1. The van der Waals surface area contributed by atoms with Crippen LogP contribution in [0.3, 0.4) is 0 Å². The second kappa shape index (κ2) is 10.6. The minimum Gasteiger partial charge on any atom is -0.507 e. The molecule has 0 fully saturated rings. The van der Waals surface area contributed by atoms with E-state index in [0.717, 1.165) is 15.7 Å². The number of phenols is 2. The van der Waals surface area contributed by atoms with E-state index < -0.39 is 23.8 Å². The van der Waals surface area contributed by atoms with Gasteiger partial charge in [-0.2, -0.15) is 0 Å². The molecule has 0 aromatic heterocycles. The molecule has 11 nitrogen and oxygen atoms in total. The van der Waals surface area contributed by atoms with E-state index >= 15 is 0 Å². The number of phenolic OH excluding ortho intramolecular Hbond substituents is 2. The number of aromatic hydroxyl groups is 2. The van der Waals surface area contributed by atoms with Gasteiger partial charge in [0.15, 0.2) is 23.0 Å². The van der Waals surface area contributed by atoms with Crippen LogP contribution < -0.4 is 29.6 Å². The van der Waals surface area contributed by atoms with Crippen molar-refractivity contribution in [1.29, 1.82) is 0 Å². The summed E-state index contributed by atoms with van der Waals surface area (Å²) < 4.78 is 22.6. The highest BCUT2D eigenvalue weighted by atomic mass is 79.9. The molecule has 4 heterocycles. The van der Waals surface area contributed by atoms with E-state index in [-0.39, 0.29) is 36.6 Å². The van der Waals surface area contributed by atoms with Crippen molar-refractivity contribution >= 4 is 55.0 Å². The van der Waals surface area contributed by atoms with Gasteiger partial charge in [0.2, 0.25) is 25.4 Å². The van der Waals surface area contributed by atoms with Gasteiger partial charge < -0.3 is 44.9 Å². The number of para-hydroxylation sites is 2. The van der Waals surface area contributed by atoms with Gasteiger partial charge in [0.25, 0.3) is 0 Å². The molecule has 0 aliphatic carbocycles. The molecule has 0 bridgehead atoms. The zero-order valence-corrected chi connectivity index (χ0v) is 25.7. The SMILES string of the molecule is O=C1Nc2c(Br)cccc2C1(CO)c1cc2c(cc1O)OCO2.O=C1Nc2c(Br)cccc2C1c1cc2c(cc1O)OCO2. The number of rotatable bonds is 3. The zero-order chi connectivity index (χ0) is 30.7. The van der Waals surface area contributed by atoms with Crippen molar-refractivity contribution < 1.29 is 43.9 Å². The Balaban J connectivity index is 0.000000143. The Morgan fingerprint density at radius 2 is 1.32 bits per heavy atom. The summed E-state index contributed by atoms with van der Waals surface area (Å²) in [7, 11) is 0. The largest absolute Gasteiger partial charge is 0.507 e. The van der Waals surface area contributed by atoms with Crippen molar-refractivity contribution in [3.63, 3.8) is 0 Å². The van der Waals surface area contributed by atoms with Crippen molar-refractivity contribution in [3.05, 3.63) is 91.9 Å². The zero-order valence-electron chi connectivity index (χ0n) is 22.5. The molecule has 0 saturated carbocycles. The van der Waals surface area contributed by atoms with E-state index in [4.69, 9.17) is 18.9 Å². The molecule has 13 heteroatoms. The number of hydrogen-bond acceptors (Lipinski definition) is 9. The minimum absolute atomic E-state index is 0.0206. The Morgan fingerprint density at radius 3 is 2.00 bits per heavy atom. The number of carbonyl (C=O) groups excluding carboxylic acids is 2. The highest BCUT2D eigenvalue weighted by Crippen LogP contribution is 2.51. The van der Waals surface area contributed by atoms with Crippen molar-refractivity contribution in [3.8, 4) is 34.5 Å². The van der Waals surface area contributed by atoms with Crippen LogP contribution in [-0.2, 0) is 15.0 Å². The number of carbonyl (C=O) groups is 2. The topological polar surface area (TPSA) is 156 Å². The summed E-state index contributed by atoms with van der Waals surface area (Å²) in [6.07, 6.45) is 0. The van der Waals surface area contributed by atoms with Crippen molar-refractivity contribution in [2.75, 3.05) is 30.8 Å². The van der Waals surface area contributed by atoms with Gasteiger partial charge in [0, 0.05) is 32.2 Å². The highest BCUT2D eigenvalue weighted by molar-refractivity contribution is 9.11. The average Bonchev–Trinajstić information content (AvgIpc) is 3.78. The maximum atomic E-state index is 12.7. The van der Waals surface area contributed by atoms with Crippen molar-refractivity contribution in [2.24, 2.45) is 0 Å². The number of aliphatic hydroxyl groups excluding tert-OH is 1. The Hall–Kier alpha value is -4.46. The Kier molecular flexibility index (Phi) is 6.83. The number of amides is 2. The molecule has 4 aromatic rings. The second-order valence-corrected chi connectivity index (χ2v) is 12.0. The van der Waals surface area contributed by atoms with Crippen LogP contribution in [0.4, 0.5) is 11.4 Å². The first kappa shape index (κ1) is 28.3. The van der Waals surface area contributed by atoms with E-state index in [9.17, 15) is 24.9 Å². The van der Waals surface area contributed by atoms with Crippen LogP contribution in [0.15, 0.2) is 69.6 Å². The van der Waals surface area contributed by atoms with Gasteiger partial charge in [-0.05, 0) is 67.3 Å². The van der Waals surface area contributed by atoms with E-state index in [1.54, 1.807) is 30.3 Å². The summed E-state index contributed by atoms with van der Waals surface area (Å²) in [6, 6.07) is 17.0. The van der Waals surface area contributed by atoms with Crippen molar-refractivity contribution in [1.82, 2.24) is 0 Å². The van der Waals surface area contributed by atoms with Crippen LogP contribution in [0, 0.1) is 0 Å². The molecule has 2 unspecified atom stereocenters. The van der Waals surface area contributed by atoms with Gasteiger partial charge in [-0.3, -0.25) is 9.59 Å². The number of halogens is 2. The smallest absolute Gasteiger partial charge is 0.242 e. The number of nitrogens with one attached hydrogen (secondary N) is 2. The summed E-state index contributed by atoms with van der Waals surface area (Å²) in [5, 5.41) is 36.3. The fraction of sp³-hybridized carbons (Fsp3) is 0.161. The Morgan fingerprint density at radius 1 is 0.727 bits per heavy atom. The molecule has 0 spiro atoms. The molecule has 0 radical (unpaired) electrons. The Labute approximate surface area is 266 Å². The summed E-state index contributed by atoms with van der Waals surface area (Å²) in [6.45, 7) is -0.314. The summed E-state index contributed by atoms with van der Waals surface area (Å²) in [5.74, 6) is 0.616. The molecule has 4 aliphatic heterocycles. The lowest BCUT2D eigenvalue weighted by Crippen LogP contribution is -2.39. The molecule has 4 aromatic carbocycles. The number of fused-ring (bicyclic) bond motifs is 4. The van der Waals surface area contributed by atoms with Gasteiger partial charge in [-0.15, -0.1) is 0 Å². The molecule has 224 valence electrons. The highest BCUT2D eigenvalue weighted by Gasteiger charge is 2.50. The molecular formula is C31H22Br2N2O9. The van der Waals surface area contributed by atoms with Crippen LogP contribution in [-0.4, -0.2) is 47.3 Å². The van der Waals surface area contributed by atoms with Crippen LogP contribution in [0.5, 0.6) is 34.5 Å². The molecule has 8 rings (SSSR count). The number of anilines is 2. The molecule has 2 atom stereocenters. The number of hydrogen-bond donors (Lipinski definition) is 5. The predicted octanol–water partition coefficient (Wildman–Crippen LogP) is 5.08. The maximum Gasteiger partial charge on any atom is 0.242 e. The predicted molar refractivity (Wildman–Crippen MR) is 164 cm³/mol.